The van der Waals surface area contributed by atoms with Crippen LogP contribution in [0.4, 0.5) is 0 Å². The number of hydrogen-bond donors (Lipinski definition) is 1. The smallest absolute Gasteiger partial charge is 0.0726 e. The topological polar surface area (TPSA) is 21.3 Å². The van der Waals surface area contributed by atoms with Crippen molar-refractivity contribution in [3.8, 4) is 0 Å². The summed E-state index contributed by atoms with van der Waals surface area (Å²) in [4.78, 5) is 0. The number of benzene rings is 1. The molecule has 1 aliphatic rings. The van der Waals surface area contributed by atoms with Crippen LogP contribution in [0.15, 0.2) is 30.3 Å². The van der Waals surface area contributed by atoms with E-state index in [0.717, 1.165) is 6.61 Å². The van der Waals surface area contributed by atoms with Crippen LogP contribution < -0.4 is 5.32 Å². The lowest BCUT2D eigenvalue weighted by molar-refractivity contribution is 0.0790. The summed E-state index contributed by atoms with van der Waals surface area (Å²) in [6.07, 6.45) is 7.92. The highest BCUT2D eigenvalue weighted by Gasteiger charge is 2.24. The molecule has 0 bridgehead atoms. The second-order valence-corrected chi connectivity index (χ2v) is 5.97. The Morgan fingerprint density at radius 2 is 2.05 bits per heavy atom. The molecule has 1 N–H and O–H groups in total. The second-order valence-electron chi connectivity index (χ2n) is 5.97. The van der Waals surface area contributed by atoms with Crippen molar-refractivity contribution in [2.75, 3.05) is 6.61 Å². The first-order valence-electron chi connectivity index (χ1n) is 8.24. The summed E-state index contributed by atoms with van der Waals surface area (Å²) >= 11 is 0. The van der Waals surface area contributed by atoms with E-state index >= 15 is 0 Å². The lowest BCUT2D eigenvalue weighted by Gasteiger charge is -2.27. The molecule has 1 aromatic carbocycles. The van der Waals surface area contributed by atoms with E-state index in [9.17, 15) is 0 Å². The number of ether oxygens (including phenoxy) is 1. The van der Waals surface area contributed by atoms with E-state index in [1.807, 2.05) is 0 Å². The zero-order valence-corrected chi connectivity index (χ0v) is 13.0. The SMILES string of the molecule is CCCCCC(NC(C)C1CCCO1)c1ccccc1. The number of unbranched alkanes of at least 4 members (excludes halogenated alkanes) is 2. The van der Waals surface area contributed by atoms with Gasteiger partial charge in [0.2, 0.25) is 0 Å². The highest BCUT2D eigenvalue weighted by molar-refractivity contribution is 5.19. The van der Waals surface area contributed by atoms with Crippen molar-refractivity contribution in [1.82, 2.24) is 5.32 Å². The Morgan fingerprint density at radius 3 is 2.70 bits per heavy atom. The van der Waals surface area contributed by atoms with Gasteiger partial charge in [-0.15, -0.1) is 0 Å². The minimum absolute atomic E-state index is 0.396. The highest BCUT2D eigenvalue weighted by Crippen LogP contribution is 2.23. The molecule has 1 aromatic rings. The van der Waals surface area contributed by atoms with Gasteiger partial charge in [-0.05, 0) is 31.7 Å². The molecule has 0 saturated carbocycles. The summed E-state index contributed by atoms with van der Waals surface area (Å²) in [7, 11) is 0. The minimum atomic E-state index is 0.396. The molecule has 0 aromatic heterocycles. The van der Waals surface area contributed by atoms with Crippen molar-refractivity contribution < 1.29 is 4.74 Å². The van der Waals surface area contributed by atoms with Crippen LogP contribution in [-0.4, -0.2) is 18.8 Å². The molecule has 1 saturated heterocycles. The fourth-order valence-electron chi connectivity index (χ4n) is 3.05. The molecule has 0 aliphatic carbocycles. The summed E-state index contributed by atoms with van der Waals surface area (Å²) in [6, 6.07) is 11.8. The van der Waals surface area contributed by atoms with Crippen LogP contribution >= 0.6 is 0 Å². The Labute approximate surface area is 123 Å². The van der Waals surface area contributed by atoms with Gasteiger partial charge in [0.25, 0.3) is 0 Å². The van der Waals surface area contributed by atoms with E-state index in [1.54, 1.807) is 0 Å². The van der Waals surface area contributed by atoms with Crippen LogP contribution in [-0.2, 0) is 4.74 Å². The second kappa shape index (κ2) is 8.43. The fourth-order valence-corrected chi connectivity index (χ4v) is 3.05. The summed E-state index contributed by atoms with van der Waals surface area (Å²) < 4.78 is 5.81. The molecule has 20 heavy (non-hydrogen) atoms. The Balaban J connectivity index is 1.94. The Bertz CT molecular complexity index is 359. The third-order valence-corrected chi connectivity index (χ3v) is 4.28. The lowest BCUT2D eigenvalue weighted by atomic mass is 9.98. The van der Waals surface area contributed by atoms with Gasteiger partial charge in [-0.2, -0.15) is 0 Å². The van der Waals surface area contributed by atoms with Crippen LogP contribution in [0.5, 0.6) is 0 Å². The van der Waals surface area contributed by atoms with Gasteiger partial charge in [0, 0.05) is 18.7 Å². The average Bonchev–Trinajstić information content (AvgIpc) is 3.01. The molecule has 3 atom stereocenters. The summed E-state index contributed by atoms with van der Waals surface area (Å²) in [5.41, 5.74) is 1.41. The van der Waals surface area contributed by atoms with Crippen LogP contribution in [0, 0.1) is 0 Å². The Hall–Kier alpha value is -0.860. The van der Waals surface area contributed by atoms with Gasteiger partial charge in [-0.1, -0.05) is 56.5 Å². The molecule has 0 spiro atoms. The molecular formula is C18H29NO. The van der Waals surface area contributed by atoms with Crippen LogP contribution in [0.1, 0.15) is 64.0 Å². The van der Waals surface area contributed by atoms with Gasteiger partial charge in [-0.25, -0.2) is 0 Å². The molecule has 1 aliphatic heterocycles. The molecule has 2 rings (SSSR count). The predicted octanol–water partition coefficient (Wildman–Crippen LogP) is 4.47. The van der Waals surface area contributed by atoms with Crippen molar-refractivity contribution >= 4 is 0 Å². The minimum Gasteiger partial charge on any atom is -0.377 e. The van der Waals surface area contributed by atoms with E-state index in [0.29, 0.717) is 18.2 Å². The Kier molecular flexibility index (Phi) is 6.55. The van der Waals surface area contributed by atoms with Crippen LogP contribution in [0.2, 0.25) is 0 Å². The zero-order valence-electron chi connectivity index (χ0n) is 13.0. The predicted molar refractivity (Wildman–Crippen MR) is 84.9 cm³/mol. The quantitative estimate of drug-likeness (QED) is 0.707. The van der Waals surface area contributed by atoms with Gasteiger partial charge in [-0.3, -0.25) is 0 Å². The van der Waals surface area contributed by atoms with Crippen molar-refractivity contribution in [2.45, 2.75) is 70.6 Å². The van der Waals surface area contributed by atoms with Gasteiger partial charge < -0.3 is 10.1 Å². The average molecular weight is 275 g/mol. The third-order valence-electron chi connectivity index (χ3n) is 4.28. The monoisotopic (exact) mass is 275 g/mol. The standard InChI is InChI=1S/C18H29NO/c1-3-4-6-12-17(16-10-7-5-8-11-16)19-15(2)18-13-9-14-20-18/h5,7-8,10-11,15,17-19H,3-4,6,9,12-14H2,1-2H3. The van der Waals surface area contributed by atoms with Crippen LogP contribution in [0.25, 0.3) is 0 Å². The molecule has 1 heterocycles. The maximum atomic E-state index is 5.81. The number of hydrogen-bond acceptors (Lipinski definition) is 2. The fraction of sp³-hybridized carbons (Fsp3) is 0.667. The normalized spacial score (nSPS) is 21.8. The number of nitrogens with one attached hydrogen (secondary N) is 1. The molecule has 0 amide bonds. The first-order valence-corrected chi connectivity index (χ1v) is 8.24. The maximum absolute atomic E-state index is 5.81. The van der Waals surface area contributed by atoms with E-state index in [1.165, 1.54) is 44.1 Å². The largest absolute Gasteiger partial charge is 0.377 e. The first kappa shape index (κ1) is 15.5. The summed E-state index contributed by atoms with van der Waals surface area (Å²) in [5.74, 6) is 0. The van der Waals surface area contributed by atoms with Crippen molar-refractivity contribution in [3.05, 3.63) is 35.9 Å². The Morgan fingerprint density at radius 1 is 1.25 bits per heavy atom. The van der Waals surface area contributed by atoms with E-state index in [2.05, 4.69) is 49.5 Å². The molecular weight excluding hydrogens is 246 g/mol. The molecule has 2 nitrogen and oxygen atoms in total. The van der Waals surface area contributed by atoms with Crippen molar-refractivity contribution in [1.29, 1.82) is 0 Å². The number of rotatable bonds is 8. The summed E-state index contributed by atoms with van der Waals surface area (Å²) in [6.45, 7) is 5.47. The van der Waals surface area contributed by atoms with Crippen molar-refractivity contribution in [3.63, 3.8) is 0 Å². The van der Waals surface area contributed by atoms with Crippen LogP contribution in [0.3, 0.4) is 0 Å². The zero-order chi connectivity index (χ0) is 14.2. The van der Waals surface area contributed by atoms with E-state index in [-0.39, 0.29) is 0 Å². The molecule has 2 heteroatoms. The van der Waals surface area contributed by atoms with E-state index in [4.69, 9.17) is 4.74 Å². The maximum Gasteiger partial charge on any atom is 0.0726 e. The molecule has 112 valence electrons. The summed E-state index contributed by atoms with van der Waals surface area (Å²) in [5, 5.41) is 3.81. The lowest BCUT2D eigenvalue weighted by Crippen LogP contribution is -2.39. The van der Waals surface area contributed by atoms with Gasteiger partial charge in [0.1, 0.15) is 0 Å². The van der Waals surface area contributed by atoms with Crippen molar-refractivity contribution in [2.24, 2.45) is 0 Å². The highest BCUT2D eigenvalue weighted by atomic mass is 16.5. The van der Waals surface area contributed by atoms with Gasteiger partial charge in [0.05, 0.1) is 6.10 Å². The third kappa shape index (κ3) is 4.60. The van der Waals surface area contributed by atoms with Gasteiger partial charge in [0.15, 0.2) is 0 Å². The van der Waals surface area contributed by atoms with Gasteiger partial charge >= 0.3 is 0 Å². The first-order chi connectivity index (χ1) is 9.81. The molecule has 0 radical (unpaired) electrons. The molecule has 3 unspecified atom stereocenters. The molecule has 1 fully saturated rings. The van der Waals surface area contributed by atoms with E-state index < -0.39 is 0 Å².